The molecule has 9 heteroatoms. The lowest BCUT2D eigenvalue weighted by Crippen LogP contribution is -2.31. The Labute approximate surface area is 170 Å². The fraction of sp³-hybridized carbons (Fsp3) is 0.474. The minimum atomic E-state index is -4.41. The third-order valence-corrected chi connectivity index (χ3v) is 6.11. The zero-order valence-electron chi connectivity index (χ0n) is 16.3. The minimum absolute atomic E-state index is 0.108. The number of rotatable bonds is 6. The number of phenols is 1. The Hall–Kier alpha value is -1.81. The fourth-order valence-corrected chi connectivity index (χ4v) is 4.28. The first-order valence-corrected chi connectivity index (χ1v) is 11.5. The van der Waals surface area contributed by atoms with Gasteiger partial charge in [0, 0.05) is 22.7 Å². The van der Waals surface area contributed by atoms with Crippen LogP contribution in [-0.2, 0) is 16.5 Å². The highest BCUT2D eigenvalue weighted by atomic mass is 32.2. The van der Waals surface area contributed by atoms with Crippen LogP contribution in [-0.4, -0.2) is 55.3 Å². The van der Waals surface area contributed by atoms with Gasteiger partial charge in [0.05, 0.1) is 0 Å². The molecule has 2 heterocycles. The highest BCUT2D eigenvalue weighted by molar-refractivity contribution is 7.85. The highest BCUT2D eigenvalue weighted by Crippen LogP contribution is 2.37. The van der Waals surface area contributed by atoms with Crippen molar-refractivity contribution in [2.45, 2.75) is 38.2 Å². The number of hydrogen-bond acceptors (Lipinski definition) is 7. The number of ether oxygens (including phenoxy) is 2. The number of hydrogen-bond donors (Lipinski definition) is 2. The number of nitrogens with zero attached hydrogens (tertiary/aromatic N) is 1. The zero-order chi connectivity index (χ0) is 20.7. The second kappa shape index (κ2) is 10.1. The predicted molar refractivity (Wildman–Crippen MR) is 109 cm³/mol. The monoisotopic (exact) mass is 429 g/mol. The Balaban J connectivity index is 0.000000345. The van der Waals surface area contributed by atoms with Gasteiger partial charge in [0.15, 0.2) is 11.5 Å². The van der Waals surface area contributed by atoms with Crippen LogP contribution in [0, 0.1) is 0 Å². The van der Waals surface area contributed by atoms with Crippen LogP contribution in [0.5, 0.6) is 17.2 Å². The number of thiophene rings is 1. The lowest BCUT2D eigenvalue weighted by Gasteiger charge is -2.25. The Morgan fingerprint density at radius 1 is 1.14 bits per heavy atom. The van der Waals surface area contributed by atoms with E-state index in [0.717, 1.165) is 0 Å². The largest absolute Gasteiger partial charge is 0.508 e. The average molecular weight is 430 g/mol. The first-order chi connectivity index (χ1) is 13.3. The average Bonchev–Trinajstić information content (AvgIpc) is 3.12. The molecule has 0 fully saturated rings. The van der Waals surface area contributed by atoms with Crippen LogP contribution in [0.2, 0.25) is 0 Å². The van der Waals surface area contributed by atoms with Crippen molar-refractivity contribution in [3.63, 3.8) is 0 Å². The molecule has 0 saturated carbocycles. The third-order valence-electron chi connectivity index (χ3n) is 4.47. The molecule has 1 aromatic carbocycles. The summed E-state index contributed by atoms with van der Waals surface area (Å²) >= 11 is 1.44. The van der Waals surface area contributed by atoms with Crippen molar-refractivity contribution >= 4 is 21.5 Å². The fourth-order valence-electron chi connectivity index (χ4n) is 2.86. The van der Waals surface area contributed by atoms with Gasteiger partial charge < -0.3 is 19.5 Å². The van der Waals surface area contributed by atoms with Gasteiger partial charge >= 0.3 is 0 Å². The standard InChI is InChI=1S/C13H12O6S2.C6H15N/c14-10-2-1-3-13(21(15,16)17)9(10)4-8-5-18-11-6-20-7-12(11)19-8;1-4-7(5-2)6-3/h1-3,6-8,14H,4-5H2,(H,15,16,17);4-6H2,1-3H3. The summed E-state index contributed by atoms with van der Waals surface area (Å²) < 4.78 is 43.2. The molecule has 1 aliphatic rings. The molecule has 0 radical (unpaired) electrons. The molecule has 7 nitrogen and oxygen atoms in total. The van der Waals surface area contributed by atoms with E-state index in [9.17, 15) is 18.1 Å². The van der Waals surface area contributed by atoms with Gasteiger partial charge in [-0.3, -0.25) is 4.55 Å². The van der Waals surface area contributed by atoms with Crippen LogP contribution >= 0.6 is 11.3 Å². The van der Waals surface area contributed by atoms with E-state index >= 15 is 0 Å². The maximum Gasteiger partial charge on any atom is 0.294 e. The van der Waals surface area contributed by atoms with Crippen molar-refractivity contribution in [1.29, 1.82) is 0 Å². The van der Waals surface area contributed by atoms with Crippen molar-refractivity contribution in [3.05, 3.63) is 34.5 Å². The Kier molecular flexibility index (Phi) is 8.11. The molecule has 0 amide bonds. The van der Waals surface area contributed by atoms with Gasteiger partial charge in [-0.2, -0.15) is 8.42 Å². The molecule has 156 valence electrons. The number of phenolic OH excluding ortho intramolecular Hbond substituents is 1. The molecule has 0 saturated heterocycles. The van der Waals surface area contributed by atoms with Crippen LogP contribution in [0.4, 0.5) is 0 Å². The quantitative estimate of drug-likeness (QED) is 0.679. The van der Waals surface area contributed by atoms with E-state index in [1.165, 1.54) is 49.2 Å². The Bertz CT molecular complexity index is 856. The maximum absolute atomic E-state index is 11.4. The van der Waals surface area contributed by atoms with Crippen molar-refractivity contribution in [2.24, 2.45) is 0 Å². The van der Waals surface area contributed by atoms with Crippen LogP contribution in [0.15, 0.2) is 33.9 Å². The summed E-state index contributed by atoms with van der Waals surface area (Å²) in [5.41, 5.74) is 0.118. The van der Waals surface area contributed by atoms with Crippen molar-refractivity contribution in [1.82, 2.24) is 4.90 Å². The van der Waals surface area contributed by atoms with E-state index in [1.54, 1.807) is 5.38 Å². The second-order valence-corrected chi connectivity index (χ2v) is 8.34. The SMILES string of the molecule is CCN(CC)CC.O=S(=O)(O)c1cccc(O)c1CC1COc2cscc2O1. The highest BCUT2D eigenvalue weighted by Gasteiger charge is 2.26. The van der Waals surface area contributed by atoms with Crippen LogP contribution in [0.25, 0.3) is 0 Å². The van der Waals surface area contributed by atoms with Crippen LogP contribution in [0.1, 0.15) is 26.3 Å². The second-order valence-electron chi connectivity index (χ2n) is 6.20. The van der Waals surface area contributed by atoms with Gasteiger partial charge in [-0.15, -0.1) is 11.3 Å². The molecule has 1 unspecified atom stereocenters. The summed E-state index contributed by atoms with van der Waals surface area (Å²) in [5.74, 6) is 1.05. The summed E-state index contributed by atoms with van der Waals surface area (Å²) in [6.45, 7) is 10.4. The third kappa shape index (κ3) is 5.84. The smallest absolute Gasteiger partial charge is 0.294 e. The first kappa shape index (κ1) is 22.5. The summed E-state index contributed by atoms with van der Waals surface area (Å²) in [4.78, 5) is 2.06. The van der Waals surface area contributed by atoms with Gasteiger partial charge in [0.1, 0.15) is 23.4 Å². The van der Waals surface area contributed by atoms with Gasteiger partial charge in [-0.25, -0.2) is 0 Å². The molecule has 1 atom stereocenters. The molecular weight excluding hydrogens is 402 g/mol. The molecule has 0 bridgehead atoms. The number of benzene rings is 1. The summed E-state index contributed by atoms with van der Waals surface area (Å²) in [6.07, 6.45) is -0.335. The molecule has 2 N–H and O–H groups in total. The Morgan fingerprint density at radius 3 is 2.36 bits per heavy atom. The topological polar surface area (TPSA) is 96.3 Å². The van der Waals surface area contributed by atoms with E-state index in [-0.39, 0.29) is 29.2 Å². The molecular formula is C19H27NO6S2. The van der Waals surface area contributed by atoms with Gasteiger partial charge in [-0.1, -0.05) is 26.8 Å². The van der Waals surface area contributed by atoms with Crippen LogP contribution in [0.3, 0.4) is 0 Å². The van der Waals surface area contributed by atoms with Crippen molar-refractivity contribution in [3.8, 4) is 17.2 Å². The lowest BCUT2D eigenvalue weighted by atomic mass is 10.1. The molecule has 0 aliphatic carbocycles. The van der Waals surface area contributed by atoms with E-state index in [1.807, 2.05) is 5.38 Å². The summed E-state index contributed by atoms with van der Waals surface area (Å²) in [6, 6.07) is 3.96. The lowest BCUT2D eigenvalue weighted by molar-refractivity contribution is 0.0917. The summed E-state index contributed by atoms with van der Waals surface area (Å²) in [5, 5.41) is 13.5. The molecule has 0 spiro atoms. The molecule has 2 aromatic rings. The molecule has 1 aliphatic heterocycles. The van der Waals surface area contributed by atoms with E-state index in [0.29, 0.717) is 11.5 Å². The van der Waals surface area contributed by atoms with Gasteiger partial charge in [0.25, 0.3) is 10.1 Å². The van der Waals surface area contributed by atoms with Gasteiger partial charge in [0.2, 0.25) is 0 Å². The number of fused-ring (bicyclic) bond motifs is 1. The first-order valence-electron chi connectivity index (χ1n) is 9.16. The zero-order valence-corrected chi connectivity index (χ0v) is 17.9. The van der Waals surface area contributed by atoms with Crippen molar-refractivity contribution in [2.75, 3.05) is 26.2 Å². The van der Waals surface area contributed by atoms with E-state index < -0.39 is 16.2 Å². The van der Waals surface area contributed by atoms with E-state index in [4.69, 9.17) is 9.47 Å². The van der Waals surface area contributed by atoms with Crippen LogP contribution < -0.4 is 9.47 Å². The summed E-state index contributed by atoms with van der Waals surface area (Å²) in [7, 11) is -4.41. The molecule has 1 aromatic heterocycles. The van der Waals surface area contributed by atoms with Gasteiger partial charge in [-0.05, 0) is 31.8 Å². The Morgan fingerprint density at radius 2 is 1.79 bits per heavy atom. The predicted octanol–water partition coefficient (Wildman–Crippen LogP) is 3.43. The number of aromatic hydroxyl groups is 1. The minimum Gasteiger partial charge on any atom is -0.508 e. The molecule has 3 rings (SSSR count). The maximum atomic E-state index is 11.4. The van der Waals surface area contributed by atoms with E-state index in [2.05, 4.69) is 25.7 Å². The van der Waals surface area contributed by atoms with Crippen molar-refractivity contribution < 1.29 is 27.6 Å². The molecule has 28 heavy (non-hydrogen) atoms. The normalized spacial score (nSPS) is 15.8.